The van der Waals surface area contributed by atoms with Crippen molar-refractivity contribution in [3.8, 4) is 0 Å². The van der Waals surface area contributed by atoms with Crippen LogP contribution in [0.5, 0.6) is 0 Å². The first-order valence-electron chi connectivity index (χ1n) is 35.6. The van der Waals surface area contributed by atoms with Crippen LogP contribution >= 0.6 is 37.3 Å². The van der Waals surface area contributed by atoms with E-state index in [0.717, 1.165) is 18.1 Å². The summed E-state index contributed by atoms with van der Waals surface area (Å²) in [6, 6.07) is 6.12. The maximum Gasteiger partial charge on any atom is 0.432 e. The highest BCUT2D eigenvalue weighted by Crippen LogP contribution is 2.28. The van der Waals surface area contributed by atoms with E-state index in [1.165, 1.54) is 0 Å². The van der Waals surface area contributed by atoms with Gasteiger partial charge in [0.05, 0.1) is 0 Å². The lowest BCUT2D eigenvalue weighted by Crippen LogP contribution is -2.53. The number of hydrogen-bond acceptors (Lipinski definition) is 28. The van der Waals surface area contributed by atoms with Crippen molar-refractivity contribution < 1.29 is 124 Å². The number of benzene rings is 1. The maximum atomic E-state index is 12.9. The molecule has 0 aliphatic carbocycles. The van der Waals surface area contributed by atoms with Crippen molar-refractivity contribution in [1.82, 2.24) is 26.3 Å². The standard InChI is InChI=1S/C29H46N2O7.C17H28N2O6.C13H26N2O3.C12H25NO2.4CO2.CH4S.2ClH/c1-27(2,3)22(16-18-24(33)37-28(4,5)6)31-26(35)30-21(25(34)38-29(7,8)9)15-17-23(32)36-19-20-13-11-10-12-14-20;1-16(2,3)11(7-10-14(22)24-17(4,5)6)18-15(23)25-19-12(20)8-9-13(19)21;1-12(2,3)9(15-11(14)17)7-8-10(16)18-13(4,5)6;1-11(2,3)9(13)7-8-10(14)15-12(4,5)6;4*2-1-3;1-2;;/h10-14,21-22H,15-19H2,1-9H3,(H2,30,31,35);11H,7-10H2,1-6H3,(H,18,23);9H,7-8H2,1-6H3,(H3,14,15,17);9H,7-8,13H2,1-6H3;;;;;2H,1H3;2*1H/t21-,22-;11-;2*9-;;;;;;;/m0000......./s1/i/hD. The Kier molecular flexibility index (Phi) is 63.9. The SMILES string of the molecule is CC(C)(C)OC(=O)CC[C@H](N)C(C)(C)C.CC(C)(C)OC(=O)CC[C@H](NC(=O)N[C@@H](CCC(=O)OCc1ccccc1)C(=O)OC(C)(C)C)C(C)(C)C.CC(C)(C)OC(=O)CC[C@H](NC(=O)ON1C(=O)CCC1=O)C(C)(C)C.CC(C)(C)OC(=O)CC[C@H](NC(N)=O)C(C)(C)C.Cl.Cl.O=C=O.O=C=O.O=C=O.O=C=O.[2H]SC. The summed E-state index contributed by atoms with van der Waals surface area (Å²) in [6.45, 7) is 50.9. The largest absolute Gasteiger partial charge is 0.461 e. The normalized spacial score (nSPS) is 13.0. The van der Waals surface area contributed by atoms with Crippen molar-refractivity contribution >= 4 is 128 Å². The van der Waals surface area contributed by atoms with Crippen LogP contribution in [0.2, 0.25) is 0 Å². The number of hydroxylamine groups is 2. The summed E-state index contributed by atoms with van der Waals surface area (Å²) in [5, 5.41) is 11.3. The fraction of sp³-hybridized carbons (Fsp3) is 0.724. The number of imide groups is 1. The van der Waals surface area contributed by atoms with Gasteiger partial charge in [-0.25, -0.2) is 19.2 Å². The van der Waals surface area contributed by atoms with Gasteiger partial charge in [-0.1, -0.05) is 113 Å². The molecule has 0 radical (unpaired) electrons. The number of thiol groups is 1. The van der Waals surface area contributed by atoms with Crippen molar-refractivity contribution in [2.45, 2.75) is 329 Å². The third-order valence-corrected chi connectivity index (χ3v) is 13.5. The molecule has 1 aliphatic rings. The molecule has 7 amide bonds. The van der Waals surface area contributed by atoms with Crippen LogP contribution in [-0.2, 0) is 117 Å². The molecular formula is C76H131Cl2N7O26S. The fourth-order valence-electron chi connectivity index (χ4n) is 8.36. The van der Waals surface area contributed by atoms with Crippen LogP contribution in [-0.4, -0.2) is 161 Å². The lowest BCUT2D eigenvalue weighted by Gasteiger charge is -2.32. The molecule has 1 heterocycles. The van der Waals surface area contributed by atoms with E-state index in [-0.39, 0.29) is 165 Å². The summed E-state index contributed by atoms with van der Waals surface area (Å²) < 4.78 is 38.0. The number of halogens is 2. The molecule has 33 nitrogen and oxygen atoms in total. The Hall–Kier alpha value is -8.60. The van der Waals surface area contributed by atoms with Gasteiger partial charge in [0.1, 0.15) is 41.8 Å². The van der Waals surface area contributed by atoms with Crippen LogP contribution in [0.1, 0.15) is 270 Å². The number of ether oxygens (including phenoxy) is 6. The minimum absolute atomic E-state index is 0. The van der Waals surface area contributed by atoms with Crippen molar-refractivity contribution in [2.24, 2.45) is 33.1 Å². The second-order valence-corrected chi connectivity index (χ2v) is 33.6. The van der Waals surface area contributed by atoms with Gasteiger partial charge < -0.3 is 66.0 Å². The third-order valence-electron chi connectivity index (χ3n) is 13.5. The van der Waals surface area contributed by atoms with E-state index in [1.807, 2.05) is 134 Å². The molecule has 646 valence electrons. The van der Waals surface area contributed by atoms with E-state index in [4.69, 9.17) is 84.2 Å². The molecule has 5 atom stereocenters. The van der Waals surface area contributed by atoms with Gasteiger partial charge in [-0.05, 0) is 169 Å². The predicted molar refractivity (Wildman–Crippen MR) is 417 cm³/mol. The average molecular weight is 1660 g/mol. The van der Waals surface area contributed by atoms with E-state index < -0.39 is 82.0 Å². The van der Waals surface area contributed by atoms with Crippen LogP contribution in [0.15, 0.2) is 30.3 Å². The lowest BCUT2D eigenvalue weighted by atomic mass is 9.84. The first-order valence-corrected chi connectivity index (χ1v) is 36.0. The summed E-state index contributed by atoms with van der Waals surface area (Å²) >= 11 is 1.000. The molecule has 0 unspecified atom stereocenters. The number of primary amides is 1. The Morgan fingerprint density at radius 3 is 1.02 bits per heavy atom. The highest BCUT2D eigenvalue weighted by Gasteiger charge is 2.37. The predicted octanol–water partition coefficient (Wildman–Crippen LogP) is 11.1. The zero-order valence-corrected chi connectivity index (χ0v) is 73.4. The quantitative estimate of drug-likeness (QED) is 0.0232. The van der Waals surface area contributed by atoms with Crippen LogP contribution in [0, 0.1) is 21.7 Å². The van der Waals surface area contributed by atoms with E-state index in [1.54, 1.807) is 68.6 Å². The van der Waals surface area contributed by atoms with E-state index in [2.05, 4.69) is 42.0 Å². The summed E-state index contributed by atoms with van der Waals surface area (Å²) in [4.78, 5) is 201. The number of carbonyl (C=O) groups is 11. The highest BCUT2D eigenvalue weighted by atomic mass is 35.5. The van der Waals surface area contributed by atoms with Crippen LogP contribution < -0.4 is 32.7 Å². The molecular weight excluding hydrogens is 1530 g/mol. The first-order chi connectivity index (χ1) is 50.2. The summed E-state index contributed by atoms with van der Waals surface area (Å²) in [5.41, 5.74) is 8.27. The minimum Gasteiger partial charge on any atom is -0.461 e. The lowest BCUT2D eigenvalue weighted by molar-refractivity contribution is -0.193. The Balaban J connectivity index is -0.000000179. The second-order valence-electron chi connectivity index (χ2n) is 33.6. The van der Waals surface area contributed by atoms with E-state index >= 15 is 0 Å². The van der Waals surface area contributed by atoms with Gasteiger partial charge in [0, 0.05) is 69.1 Å². The zero-order valence-electron chi connectivity index (χ0n) is 71.9. The van der Waals surface area contributed by atoms with Crippen molar-refractivity contribution in [3.05, 3.63) is 35.9 Å². The van der Waals surface area contributed by atoms with Gasteiger partial charge in [-0.3, -0.25) is 33.6 Å². The number of amides is 7. The number of nitrogens with zero attached hydrogens (tertiary/aromatic N) is 1. The number of hydrogen-bond donors (Lipinski definition) is 7. The average Bonchev–Trinajstić information content (AvgIpc) is 1.81. The van der Waals surface area contributed by atoms with Crippen LogP contribution in [0.3, 0.4) is 0 Å². The number of esters is 6. The molecule has 1 aliphatic heterocycles. The molecule has 0 spiro atoms. The van der Waals surface area contributed by atoms with E-state index in [0.29, 0.717) is 37.2 Å². The first kappa shape index (κ1) is 119. The van der Waals surface area contributed by atoms with Gasteiger partial charge >= 0.3 is 78.6 Å². The second kappa shape index (κ2) is 60.1. The summed E-state index contributed by atoms with van der Waals surface area (Å²) in [7, 11) is 0. The Labute approximate surface area is 680 Å². The topological polar surface area (TPSA) is 492 Å². The molecule has 0 aromatic heterocycles. The summed E-state index contributed by atoms with van der Waals surface area (Å²) in [5.74, 6) is -3.36. The number of nitrogens with one attached hydrogen (secondary N) is 4. The zero-order chi connectivity index (χ0) is 88.9. The molecule has 0 saturated carbocycles. The Bertz CT molecular complexity index is 3050. The maximum absolute atomic E-state index is 12.9. The molecule has 1 fully saturated rings. The van der Waals surface area contributed by atoms with Crippen molar-refractivity contribution in [1.29, 1.82) is 1.12 Å². The van der Waals surface area contributed by atoms with Gasteiger partial charge in [0.15, 0.2) is 0 Å². The molecule has 36 heteroatoms. The summed E-state index contributed by atoms with van der Waals surface area (Å²) in [6.07, 6.45) is 4.61. The number of rotatable bonds is 23. The highest BCUT2D eigenvalue weighted by molar-refractivity contribution is 7.79. The molecule has 1 aromatic carbocycles. The van der Waals surface area contributed by atoms with Gasteiger partial charge in [-0.15, -0.1) is 29.9 Å². The molecule has 1 aromatic rings. The number of nitrogens with two attached hydrogens (primary N) is 2. The fourth-order valence-corrected chi connectivity index (χ4v) is 8.36. The molecule has 0 bridgehead atoms. The number of urea groups is 2. The van der Waals surface area contributed by atoms with Gasteiger partial charge in [-0.2, -0.15) is 50.9 Å². The van der Waals surface area contributed by atoms with Crippen LogP contribution in [0.25, 0.3) is 0 Å². The van der Waals surface area contributed by atoms with E-state index in [9.17, 15) is 52.7 Å². The van der Waals surface area contributed by atoms with Gasteiger partial charge in [0.25, 0.3) is 11.8 Å². The Morgan fingerprint density at radius 1 is 0.446 bits per heavy atom. The molecule has 8 N–H and O–H groups in total. The minimum atomic E-state index is -1.06. The monoisotopic (exact) mass is 1660 g/mol. The van der Waals surface area contributed by atoms with Crippen molar-refractivity contribution in [3.63, 3.8) is 0 Å². The van der Waals surface area contributed by atoms with Crippen LogP contribution in [0.4, 0.5) is 14.4 Å². The van der Waals surface area contributed by atoms with Crippen molar-refractivity contribution in [2.75, 3.05) is 6.26 Å². The Morgan fingerprint density at radius 2 is 0.732 bits per heavy atom. The third kappa shape index (κ3) is 76.8. The molecule has 2 rings (SSSR count). The van der Waals surface area contributed by atoms with Gasteiger partial charge in [0.2, 0.25) is 0 Å². The smallest absolute Gasteiger partial charge is 0.432 e. The molecule has 112 heavy (non-hydrogen) atoms. The number of carbonyl (C=O) groups excluding carboxylic acids is 19. The molecule has 1 saturated heterocycles.